The lowest BCUT2D eigenvalue weighted by Crippen LogP contribution is -2.41. The molecule has 2 heterocycles. The number of nitro groups is 1. The van der Waals surface area contributed by atoms with E-state index >= 15 is 0 Å². The Morgan fingerprint density at radius 2 is 2.15 bits per heavy atom. The van der Waals surface area contributed by atoms with Gasteiger partial charge in [-0.3, -0.25) is 10.1 Å². The standard InChI is InChI=1S/C21H21N3O3/c1-14-17(27-2)11-16-20(19(14)24(25)26)23-10-6-9-18(23)21(16,13-22)12-15-7-4-3-5-8-15/h3-5,7-8,11,18H,6,9-10,12H2,1-2H3/t18-,21-/m1/s1. The zero-order chi connectivity index (χ0) is 19.2. The number of anilines is 1. The van der Waals surface area contributed by atoms with Gasteiger partial charge < -0.3 is 9.64 Å². The molecule has 2 atom stereocenters. The third-order valence-electron chi connectivity index (χ3n) is 6.00. The van der Waals surface area contributed by atoms with E-state index in [4.69, 9.17) is 4.74 Å². The van der Waals surface area contributed by atoms with Crippen molar-refractivity contribution in [3.05, 3.63) is 63.2 Å². The highest BCUT2D eigenvalue weighted by Crippen LogP contribution is 2.56. The lowest BCUT2D eigenvalue weighted by Gasteiger charge is -2.30. The largest absolute Gasteiger partial charge is 0.496 e. The minimum atomic E-state index is -0.821. The summed E-state index contributed by atoms with van der Waals surface area (Å²) in [5.41, 5.74) is 2.16. The highest BCUT2D eigenvalue weighted by atomic mass is 16.6. The van der Waals surface area contributed by atoms with Crippen molar-refractivity contribution in [3.8, 4) is 11.8 Å². The van der Waals surface area contributed by atoms with Crippen molar-refractivity contribution in [2.75, 3.05) is 18.6 Å². The van der Waals surface area contributed by atoms with E-state index in [0.29, 0.717) is 23.4 Å². The normalized spacial score (nSPS) is 22.9. The Morgan fingerprint density at radius 1 is 1.41 bits per heavy atom. The van der Waals surface area contributed by atoms with E-state index in [1.807, 2.05) is 36.4 Å². The molecule has 2 aliphatic rings. The van der Waals surface area contributed by atoms with Gasteiger partial charge >= 0.3 is 0 Å². The molecule has 0 amide bonds. The lowest BCUT2D eigenvalue weighted by atomic mass is 9.72. The molecular formula is C21H21N3O3. The lowest BCUT2D eigenvalue weighted by molar-refractivity contribution is -0.384. The summed E-state index contributed by atoms with van der Waals surface area (Å²) < 4.78 is 5.44. The van der Waals surface area contributed by atoms with Crippen LogP contribution in [0.3, 0.4) is 0 Å². The highest BCUT2D eigenvalue weighted by molar-refractivity contribution is 5.81. The first kappa shape index (κ1) is 17.3. The number of nitro benzene ring substituents is 1. The van der Waals surface area contributed by atoms with Gasteiger partial charge in [-0.15, -0.1) is 0 Å². The molecule has 2 aromatic carbocycles. The highest BCUT2D eigenvalue weighted by Gasteiger charge is 2.56. The average Bonchev–Trinajstić information content (AvgIpc) is 3.24. The second-order valence-electron chi connectivity index (χ2n) is 7.30. The summed E-state index contributed by atoms with van der Waals surface area (Å²) in [6.45, 7) is 2.45. The fraction of sp³-hybridized carbons (Fsp3) is 0.381. The molecule has 2 aliphatic heterocycles. The van der Waals surface area contributed by atoms with E-state index in [0.717, 1.165) is 30.5 Å². The number of fused-ring (bicyclic) bond motifs is 3. The Bertz CT molecular complexity index is 951. The average molecular weight is 363 g/mol. The first-order valence-corrected chi connectivity index (χ1v) is 9.11. The van der Waals surface area contributed by atoms with Crippen LogP contribution in [0.4, 0.5) is 11.4 Å². The molecule has 0 unspecified atom stereocenters. The summed E-state index contributed by atoms with van der Waals surface area (Å²) in [6, 6.07) is 14.3. The molecule has 0 aliphatic carbocycles. The number of hydrogen-bond acceptors (Lipinski definition) is 5. The monoisotopic (exact) mass is 363 g/mol. The maximum Gasteiger partial charge on any atom is 0.299 e. The fourth-order valence-electron chi connectivity index (χ4n) is 4.83. The van der Waals surface area contributed by atoms with Gasteiger partial charge in [0.25, 0.3) is 5.69 Å². The molecule has 1 fully saturated rings. The third kappa shape index (κ3) is 2.38. The number of nitrogens with zero attached hydrogens (tertiary/aromatic N) is 3. The molecule has 0 bridgehead atoms. The number of methoxy groups -OCH3 is 1. The zero-order valence-electron chi connectivity index (χ0n) is 15.4. The van der Waals surface area contributed by atoms with Crippen LogP contribution < -0.4 is 9.64 Å². The number of rotatable bonds is 4. The Labute approximate surface area is 158 Å². The molecule has 0 aromatic heterocycles. The first-order valence-electron chi connectivity index (χ1n) is 9.11. The van der Waals surface area contributed by atoms with E-state index in [1.54, 1.807) is 6.92 Å². The predicted octanol–water partition coefficient (Wildman–Crippen LogP) is 3.90. The molecule has 0 radical (unpaired) electrons. The number of hydrogen-bond donors (Lipinski definition) is 0. The van der Waals surface area contributed by atoms with Gasteiger partial charge in [-0.2, -0.15) is 5.26 Å². The topological polar surface area (TPSA) is 79.4 Å². The maximum atomic E-state index is 11.9. The summed E-state index contributed by atoms with van der Waals surface area (Å²) in [5, 5.41) is 22.3. The summed E-state index contributed by atoms with van der Waals surface area (Å²) >= 11 is 0. The number of ether oxygens (including phenoxy) is 1. The van der Waals surface area contributed by atoms with Crippen LogP contribution in [0.1, 0.15) is 29.5 Å². The van der Waals surface area contributed by atoms with Crippen LogP contribution in [-0.4, -0.2) is 24.6 Å². The minimum Gasteiger partial charge on any atom is -0.496 e. The molecular weight excluding hydrogens is 342 g/mol. The summed E-state index contributed by atoms with van der Waals surface area (Å²) in [5.74, 6) is 0.467. The smallest absolute Gasteiger partial charge is 0.299 e. The van der Waals surface area contributed by atoms with Gasteiger partial charge in [-0.25, -0.2) is 0 Å². The number of benzene rings is 2. The Hall–Kier alpha value is -3.07. The van der Waals surface area contributed by atoms with Crippen LogP contribution in [0.15, 0.2) is 36.4 Å². The van der Waals surface area contributed by atoms with Crippen molar-refractivity contribution < 1.29 is 9.66 Å². The second-order valence-corrected chi connectivity index (χ2v) is 7.30. The Kier molecular flexibility index (Phi) is 4.03. The van der Waals surface area contributed by atoms with Gasteiger partial charge in [-0.1, -0.05) is 30.3 Å². The fourth-order valence-corrected chi connectivity index (χ4v) is 4.83. The van der Waals surface area contributed by atoms with Crippen LogP contribution >= 0.6 is 0 Å². The summed E-state index contributed by atoms with van der Waals surface area (Å²) in [6.07, 6.45) is 2.32. The van der Waals surface area contributed by atoms with E-state index in [2.05, 4.69) is 11.0 Å². The van der Waals surface area contributed by atoms with Crippen molar-refractivity contribution in [1.82, 2.24) is 0 Å². The minimum absolute atomic E-state index is 0.0529. The molecule has 0 N–H and O–H groups in total. The van der Waals surface area contributed by atoms with E-state index in [9.17, 15) is 15.4 Å². The first-order chi connectivity index (χ1) is 13.0. The van der Waals surface area contributed by atoms with Crippen molar-refractivity contribution in [3.63, 3.8) is 0 Å². The third-order valence-corrected chi connectivity index (χ3v) is 6.00. The number of nitriles is 1. The summed E-state index contributed by atoms with van der Waals surface area (Å²) in [7, 11) is 1.51. The van der Waals surface area contributed by atoms with E-state index in [-0.39, 0.29) is 16.7 Å². The van der Waals surface area contributed by atoms with Crippen molar-refractivity contribution in [2.24, 2.45) is 0 Å². The van der Waals surface area contributed by atoms with Gasteiger partial charge in [-0.05, 0) is 37.8 Å². The van der Waals surface area contributed by atoms with Gasteiger partial charge in [0, 0.05) is 12.1 Å². The van der Waals surface area contributed by atoms with Gasteiger partial charge in [0.1, 0.15) is 16.9 Å². The van der Waals surface area contributed by atoms with Gasteiger partial charge in [0.15, 0.2) is 0 Å². The maximum absolute atomic E-state index is 11.9. The molecule has 27 heavy (non-hydrogen) atoms. The van der Waals surface area contributed by atoms with Crippen LogP contribution in [-0.2, 0) is 11.8 Å². The Morgan fingerprint density at radius 3 is 2.78 bits per heavy atom. The molecule has 1 saturated heterocycles. The van der Waals surface area contributed by atoms with Crippen molar-refractivity contribution in [1.29, 1.82) is 5.26 Å². The van der Waals surface area contributed by atoms with Crippen molar-refractivity contribution in [2.45, 2.75) is 37.6 Å². The van der Waals surface area contributed by atoms with E-state index in [1.165, 1.54) is 7.11 Å². The molecule has 2 aromatic rings. The van der Waals surface area contributed by atoms with Gasteiger partial charge in [0.05, 0.1) is 29.7 Å². The molecule has 6 heteroatoms. The van der Waals surface area contributed by atoms with Crippen LogP contribution in [0.2, 0.25) is 0 Å². The van der Waals surface area contributed by atoms with Crippen LogP contribution in [0, 0.1) is 28.4 Å². The molecule has 0 spiro atoms. The van der Waals surface area contributed by atoms with Crippen LogP contribution in [0.25, 0.3) is 0 Å². The molecule has 0 saturated carbocycles. The summed E-state index contributed by atoms with van der Waals surface area (Å²) in [4.78, 5) is 13.7. The Balaban J connectivity index is 2.00. The van der Waals surface area contributed by atoms with Gasteiger partial charge in [0.2, 0.25) is 0 Å². The SMILES string of the molecule is COc1cc2c(c([N+](=O)[O-])c1C)N1CCC[C@@H]1[C@@]2(C#N)Cc1ccccc1. The van der Waals surface area contributed by atoms with E-state index < -0.39 is 5.41 Å². The van der Waals surface area contributed by atoms with Crippen LogP contribution in [0.5, 0.6) is 5.75 Å². The molecule has 4 rings (SSSR count). The quantitative estimate of drug-likeness (QED) is 0.608. The molecule has 6 nitrogen and oxygen atoms in total. The molecule has 138 valence electrons. The second kappa shape index (κ2) is 6.27. The zero-order valence-corrected chi connectivity index (χ0v) is 15.4. The van der Waals surface area contributed by atoms with Crippen molar-refractivity contribution >= 4 is 11.4 Å². The predicted molar refractivity (Wildman–Crippen MR) is 102 cm³/mol.